The minimum Gasteiger partial charge on any atom is -0.495 e. The lowest BCUT2D eigenvalue weighted by Crippen LogP contribution is -2.14. The number of anilines is 1. The second kappa shape index (κ2) is 6.13. The Morgan fingerprint density at radius 3 is 2.76 bits per heavy atom. The molecule has 1 aromatic carbocycles. The molecule has 0 spiro atoms. The number of hydrogen-bond donors (Lipinski definition) is 1. The Kier molecular flexibility index (Phi) is 4.82. The zero-order chi connectivity index (χ0) is 12.8. The Morgan fingerprint density at radius 1 is 1.47 bits per heavy atom. The van der Waals surface area contributed by atoms with Gasteiger partial charge in [-0.2, -0.15) is 0 Å². The van der Waals surface area contributed by atoms with Crippen molar-refractivity contribution in [1.82, 2.24) is 0 Å². The van der Waals surface area contributed by atoms with Gasteiger partial charge in [0.15, 0.2) is 0 Å². The quantitative estimate of drug-likeness (QED) is 0.631. The summed E-state index contributed by atoms with van der Waals surface area (Å²) in [4.78, 5) is 11.8. The van der Waals surface area contributed by atoms with Crippen molar-refractivity contribution in [2.45, 2.75) is 32.8 Å². The Balaban J connectivity index is 2.75. The lowest BCUT2D eigenvalue weighted by atomic mass is 10.2. The summed E-state index contributed by atoms with van der Waals surface area (Å²) >= 11 is 0. The molecule has 4 nitrogen and oxygen atoms in total. The molecular weight excluding hydrogens is 218 g/mol. The summed E-state index contributed by atoms with van der Waals surface area (Å²) in [5.74, 6) is 0.145. The largest absolute Gasteiger partial charge is 0.495 e. The third-order valence-electron chi connectivity index (χ3n) is 2.47. The number of methoxy groups -OCH3 is 1. The number of nitrogens with two attached hydrogens (primary N) is 1. The van der Waals surface area contributed by atoms with Crippen LogP contribution in [0.3, 0.4) is 0 Å². The van der Waals surface area contributed by atoms with Gasteiger partial charge in [-0.1, -0.05) is 13.3 Å². The van der Waals surface area contributed by atoms with Gasteiger partial charge in [0.2, 0.25) is 0 Å². The molecule has 0 fully saturated rings. The number of ether oxygens (including phenoxy) is 2. The highest BCUT2D eigenvalue weighted by atomic mass is 16.5. The lowest BCUT2D eigenvalue weighted by molar-refractivity contribution is 0.0323. The standard InChI is InChI=1S/C13H19NO3/c1-4-5-9(2)17-13(15)10-6-7-11(14)12(8-10)16-3/h6-9H,4-5,14H2,1-3H3. The van der Waals surface area contributed by atoms with Gasteiger partial charge < -0.3 is 15.2 Å². The van der Waals surface area contributed by atoms with Crippen LogP contribution >= 0.6 is 0 Å². The molecule has 1 aromatic rings. The molecule has 0 bridgehead atoms. The van der Waals surface area contributed by atoms with Crippen molar-refractivity contribution in [3.8, 4) is 5.75 Å². The van der Waals surface area contributed by atoms with Crippen LogP contribution in [0.25, 0.3) is 0 Å². The second-order valence-electron chi connectivity index (χ2n) is 3.96. The molecule has 0 aliphatic rings. The molecular formula is C13H19NO3. The monoisotopic (exact) mass is 237 g/mol. The summed E-state index contributed by atoms with van der Waals surface area (Å²) < 4.78 is 10.3. The fraction of sp³-hybridized carbons (Fsp3) is 0.462. The fourth-order valence-electron chi connectivity index (χ4n) is 1.55. The van der Waals surface area contributed by atoms with Crippen molar-refractivity contribution in [3.05, 3.63) is 23.8 Å². The summed E-state index contributed by atoms with van der Waals surface area (Å²) in [5.41, 5.74) is 6.63. The highest BCUT2D eigenvalue weighted by molar-refractivity contribution is 5.90. The molecule has 0 saturated carbocycles. The zero-order valence-electron chi connectivity index (χ0n) is 10.5. The van der Waals surface area contributed by atoms with E-state index in [9.17, 15) is 4.79 Å². The maximum Gasteiger partial charge on any atom is 0.338 e. The second-order valence-corrected chi connectivity index (χ2v) is 3.96. The highest BCUT2D eigenvalue weighted by Crippen LogP contribution is 2.22. The van der Waals surface area contributed by atoms with Gasteiger partial charge in [-0.05, 0) is 31.5 Å². The van der Waals surface area contributed by atoms with Crippen LogP contribution in [0.15, 0.2) is 18.2 Å². The van der Waals surface area contributed by atoms with E-state index < -0.39 is 0 Å². The van der Waals surface area contributed by atoms with Gasteiger partial charge in [-0.25, -0.2) is 4.79 Å². The summed E-state index contributed by atoms with van der Waals surface area (Å²) in [7, 11) is 1.51. The average Bonchev–Trinajstić information content (AvgIpc) is 2.29. The van der Waals surface area contributed by atoms with E-state index >= 15 is 0 Å². The van der Waals surface area contributed by atoms with Crippen LogP contribution in [-0.2, 0) is 4.74 Å². The predicted octanol–water partition coefficient (Wildman–Crippen LogP) is 2.62. The topological polar surface area (TPSA) is 61.5 Å². The van der Waals surface area contributed by atoms with Crippen LogP contribution in [0.2, 0.25) is 0 Å². The van der Waals surface area contributed by atoms with Crippen molar-refractivity contribution < 1.29 is 14.3 Å². The Bertz CT molecular complexity index is 390. The van der Waals surface area contributed by atoms with Gasteiger partial charge >= 0.3 is 5.97 Å². The van der Waals surface area contributed by atoms with Crippen molar-refractivity contribution in [2.24, 2.45) is 0 Å². The van der Waals surface area contributed by atoms with Crippen molar-refractivity contribution in [1.29, 1.82) is 0 Å². The third kappa shape index (κ3) is 3.66. The Morgan fingerprint density at radius 2 is 2.18 bits per heavy atom. The smallest absolute Gasteiger partial charge is 0.338 e. The van der Waals surface area contributed by atoms with Crippen LogP contribution in [0.4, 0.5) is 5.69 Å². The maximum atomic E-state index is 11.8. The molecule has 0 heterocycles. The van der Waals surface area contributed by atoms with Gasteiger partial charge in [0, 0.05) is 0 Å². The zero-order valence-corrected chi connectivity index (χ0v) is 10.5. The Labute approximate surface area is 102 Å². The van der Waals surface area contributed by atoms with Gasteiger partial charge in [-0.15, -0.1) is 0 Å². The first-order chi connectivity index (χ1) is 8.08. The first-order valence-corrected chi connectivity index (χ1v) is 5.73. The molecule has 0 radical (unpaired) electrons. The summed E-state index contributed by atoms with van der Waals surface area (Å²) in [5, 5.41) is 0. The molecule has 94 valence electrons. The van der Waals surface area contributed by atoms with E-state index in [1.807, 2.05) is 6.92 Å². The van der Waals surface area contributed by atoms with Crippen LogP contribution in [-0.4, -0.2) is 19.2 Å². The summed E-state index contributed by atoms with van der Waals surface area (Å²) in [6.45, 7) is 3.94. The molecule has 0 aliphatic heterocycles. The van der Waals surface area contributed by atoms with E-state index in [0.29, 0.717) is 17.0 Å². The summed E-state index contributed by atoms with van der Waals surface area (Å²) in [6, 6.07) is 4.87. The van der Waals surface area contributed by atoms with Crippen molar-refractivity contribution in [3.63, 3.8) is 0 Å². The highest BCUT2D eigenvalue weighted by Gasteiger charge is 2.13. The van der Waals surface area contributed by atoms with E-state index in [-0.39, 0.29) is 12.1 Å². The van der Waals surface area contributed by atoms with Crippen LogP contribution in [0.5, 0.6) is 5.75 Å². The van der Waals surface area contributed by atoms with Crippen LogP contribution in [0.1, 0.15) is 37.0 Å². The fourth-order valence-corrected chi connectivity index (χ4v) is 1.55. The Hall–Kier alpha value is -1.71. The van der Waals surface area contributed by atoms with Gasteiger partial charge in [0.25, 0.3) is 0 Å². The van der Waals surface area contributed by atoms with Gasteiger partial charge in [0.05, 0.1) is 24.5 Å². The van der Waals surface area contributed by atoms with E-state index in [1.165, 1.54) is 7.11 Å². The molecule has 0 amide bonds. The maximum absolute atomic E-state index is 11.8. The normalized spacial score (nSPS) is 11.9. The molecule has 1 atom stereocenters. The molecule has 1 unspecified atom stereocenters. The van der Waals surface area contributed by atoms with Gasteiger partial charge in [0.1, 0.15) is 5.75 Å². The summed E-state index contributed by atoms with van der Waals surface area (Å²) in [6.07, 6.45) is 1.77. The minimum absolute atomic E-state index is 0.0731. The number of benzene rings is 1. The van der Waals surface area contributed by atoms with Crippen LogP contribution in [0, 0.1) is 0 Å². The minimum atomic E-state index is -0.343. The van der Waals surface area contributed by atoms with E-state index in [1.54, 1.807) is 18.2 Å². The number of esters is 1. The van der Waals surface area contributed by atoms with Gasteiger partial charge in [-0.3, -0.25) is 0 Å². The molecule has 0 saturated heterocycles. The van der Waals surface area contributed by atoms with E-state index in [0.717, 1.165) is 12.8 Å². The number of nitrogen functional groups attached to an aromatic ring is 1. The van der Waals surface area contributed by atoms with Crippen molar-refractivity contribution >= 4 is 11.7 Å². The number of carbonyl (C=O) groups excluding carboxylic acids is 1. The molecule has 1 rings (SSSR count). The molecule has 17 heavy (non-hydrogen) atoms. The van der Waals surface area contributed by atoms with E-state index in [4.69, 9.17) is 15.2 Å². The first-order valence-electron chi connectivity index (χ1n) is 5.73. The number of carbonyl (C=O) groups is 1. The van der Waals surface area contributed by atoms with E-state index in [2.05, 4.69) is 6.92 Å². The molecule has 0 aliphatic carbocycles. The van der Waals surface area contributed by atoms with Crippen LogP contribution < -0.4 is 10.5 Å². The molecule has 0 aromatic heterocycles. The third-order valence-corrected chi connectivity index (χ3v) is 2.47. The molecule has 2 N–H and O–H groups in total. The number of rotatable bonds is 5. The van der Waals surface area contributed by atoms with Crippen molar-refractivity contribution in [2.75, 3.05) is 12.8 Å². The lowest BCUT2D eigenvalue weighted by Gasteiger charge is -2.13. The SMILES string of the molecule is CCCC(C)OC(=O)c1ccc(N)c(OC)c1. The molecule has 4 heteroatoms. The first kappa shape index (κ1) is 13.4. The number of hydrogen-bond acceptors (Lipinski definition) is 4. The predicted molar refractivity (Wildman–Crippen MR) is 67.2 cm³/mol. The average molecular weight is 237 g/mol.